The molecule has 0 heterocycles. The average molecular weight is 483 g/mol. The average Bonchev–Trinajstić information content (AvgIpc) is 2.84. The monoisotopic (exact) mass is 483 g/mol. The molecular weight excluding hydrogens is 449 g/mol. The summed E-state index contributed by atoms with van der Waals surface area (Å²) in [5.41, 5.74) is 4.15. The SMILES string of the molecule is [B]c1ccc(OCCCC)c(C(=O)NCCc2ccc(-c3ccc(C(=O)OC(C)(C)C)cc3)cc2)c1. The molecule has 6 heteroatoms. The number of ether oxygens (including phenoxy) is 2. The van der Waals surface area contributed by atoms with E-state index in [9.17, 15) is 9.59 Å². The van der Waals surface area contributed by atoms with Crippen LogP contribution >= 0.6 is 0 Å². The van der Waals surface area contributed by atoms with Gasteiger partial charge in [-0.15, -0.1) is 0 Å². The highest BCUT2D eigenvalue weighted by molar-refractivity contribution is 6.32. The molecule has 36 heavy (non-hydrogen) atoms. The van der Waals surface area contributed by atoms with Crippen LogP contribution in [0.15, 0.2) is 66.7 Å². The van der Waals surface area contributed by atoms with Gasteiger partial charge in [0, 0.05) is 6.54 Å². The summed E-state index contributed by atoms with van der Waals surface area (Å²) in [5, 5.41) is 2.97. The van der Waals surface area contributed by atoms with Crippen molar-refractivity contribution in [3.63, 3.8) is 0 Å². The molecule has 3 aromatic carbocycles. The van der Waals surface area contributed by atoms with E-state index in [1.54, 1.807) is 30.3 Å². The predicted molar refractivity (Wildman–Crippen MR) is 145 cm³/mol. The molecule has 0 aromatic heterocycles. The van der Waals surface area contributed by atoms with E-state index in [4.69, 9.17) is 17.3 Å². The zero-order chi connectivity index (χ0) is 26.1. The number of amides is 1. The van der Waals surface area contributed by atoms with Gasteiger partial charge in [0.2, 0.25) is 0 Å². The van der Waals surface area contributed by atoms with Gasteiger partial charge in [-0.2, -0.15) is 0 Å². The number of nitrogens with one attached hydrogen (secondary N) is 1. The van der Waals surface area contributed by atoms with E-state index in [1.165, 1.54) is 0 Å². The summed E-state index contributed by atoms with van der Waals surface area (Å²) in [5.74, 6) is 0.0250. The Balaban J connectivity index is 1.55. The van der Waals surface area contributed by atoms with E-state index in [-0.39, 0.29) is 11.9 Å². The lowest BCUT2D eigenvalue weighted by molar-refractivity contribution is 0.00694. The zero-order valence-corrected chi connectivity index (χ0v) is 21.6. The molecule has 0 spiro atoms. The maximum Gasteiger partial charge on any atom is 0.338 e. The third-order valence-electron chi connectivity index (χ3n) is 5.51. The Morgan fingerprint density at radius 2 is 1.56 bits per heavy atom. The predicted octanol–water partition coefficient (Wildman–Crippen LogP) is 5.25. The van der Waals surface area contributed by atoms with Gasteiger partial charge in [-0.3, -0.25) is 4.79 Å². The highest BCUT2D eigenvalue weighted by atomic mass is 16.6. The third-order valence-corrected chi connectivity index (χ3v) is 5.51. The van der Waals surface area contributed by atoms with Crippen molar-refractivity contribution in [3.05, 3.63) is 83.4 Å². The maximum atomic E-state index is 12.8. The van der Waals surface area contributed by atoms with Crippen LogP contribution < -0.4 is 15.5 Å². The fourth-order valence-corrected chi connectivity index (χ4v) is 3.59. The van der Waals surface area contributed by atoms with E-state index >= 15 is 0 Å². The number of hydrogen-bond acceptors (Lipinski definition) is 4. The van der Waals surface area contributed by atoms with Crippen molar-refractivity contribution in [2.75, 3.05) is 13.2 Å². The van der Waals surface area contributed by atoms with Crippen LogP contribution in [0.2, 0.25) is 0 Å². The van der Waals surface area contributed by atoms with E-state index in [1.807, 2.05) is 57.2 Å². The Hall–Kier alpha value is -3.54. The van der Waals surface area contributed by atoms with Crippen LogP contribution in [0.4, 0.5) is 0 Å². The second-order valence-electron chi connectivity index (χ2n) is 9.74. The minimum absolute atomic E-state index is 0.199. The van der Waals surface area contributed by atoms with Crippen LogP contribution in [0, 0.1) is 0 Å². The topological polar surface area (TPSA) is 64.6 Å². The lowest BCUT2D eigenvalue weighted by Crippen LogP contribution is -2.27. The van der Waals surface area contributed by atoms with Crippen molar-refractivity contribution in [1.29, 1.82) is 0 Å². The van der Waals surface area contributed by atoms with E-state index in [0.29, 0.717) is 41.9 Å². The Labute approximate surface area is 215 Å². The van der Waals surface area contributed by atoms with Gasteiger partial charge in [0.05, 0.1) is 17.7 Å². The summed E-state index contributed by atoms with van der Waals surface area (Å²) in [4.78, 5) is 25.0. The molecule has 3 rings (SSSR count). The summed E-state index contributed by atoms with van der Waals surface area (Å²) in [6.45, 7) is 8.70. The fraction of sp³-hybridized carbons (Fsp3) is 0.333. The van der Waals surface area contributed by atoms with Gasteiger partial charge in [0.1, 0.15) is 19.2 Å². The minimum Gasteiger partial charge on any atom is -0.493 e. The van der Waals surface area contributed by atoms with Crippen LogP contribution in [0.25, 0.3) is 11.1 Å². The van der Waals surface area contributed by atoms with Crippen LogP contribution in [-0.2, 0) is 11.2 Å². The van der Waals surface area contributed by atoms with Crippen LogP contribution in [0.1, 0.15) is 66.8 Å². The molecule has 3 aromatic rings. The number of carbonyl (C=O) groups is 2. The molecule has 0 fully saturated rings. The van der Waals surface area contributed by atoms with E-state index in [2.05, 4.69) is 12.2 Å². The van der Waals surface area contributed by atoms with Gasteiger partial charge in [0.15, 0.2) is 0 Å². The Bertz CT molecular complexity index is 1170. The molecule has 0 unspecified atom stereocenters. The maximum absolute atomic E-state index is 12.8. The normalized spacial score (nSPS) is 11.1. The summed E-state index contributed by atoms with van der Waals surface area (Å²) < 4.78 is 11.2. The third kappa shape index (κ3) is 8.01. The van der Waals surface area contributed by atoms with Crippen LogP contribution in [-0.4, -0.2) is 38.5 Å². The highest BCUT2D eigenvalue weighted by Crippen LogP contribution is 2.22. The first kappa shape index (κ1) is 27.1. The first-order valence-electron chi connectivity index (χ1n) is 12.4. The largest absolute Gasteiger partial charge is 0.493 e. The number of carbonyl (C=O) groups excluding carboxylic acids is 2. The number of esters is 1. The van der Waals surface area contributed by atoms with Gasteiger partial charge in [0.25, 0.3) is 5.91 Å². The fourth-order valence-electron chi connectivity index (χ4n) is 3.59. The summed E-state index contributed by atoms with van der Waals surface area (Å²) >= 11 is 0. The second-order valence-corrected chi connectivity index (χ2v) is 9.74. The Kier molecular flexibility index (Phi) is 9.35. The lowest BCUT2D eigenvalue weighted by Gasteiger charge is -2.19. The van der Waals surface area contributed by atoms with Gasteiger partial charge in [-0.1, -0.05) is 67.3 Å². The van der Waals surface area contributed by atoms with Crippen molar-refractivity contribution in [1.82, 2.24) is 5.32 Å². The zero-order valence-electron chi connectivity index (χ0n) is 21.6. The number of unbranched alkanes of at least 4 members (excludes halogenated alkanes) is 1. The smallest absolute Gasteiger partial charge is 0.338 e. The summed E-state index contributed by atoms with van der Waals surface area (Å²) in [7, 11) is 5.89. The molecule has 0 saturated heterocycles. The second kappa shape index (κ2) is 12.4. The molecule has 0 aliphatic carbocycles. The lowest BCUT2D eigenvalue weighted by atomic mass is 9.93. The Morgan fingerprint density at radius 1 is 0.917 bits per heavy atom. The molecule has 1 N–H and O–H groups in total. The number of hydrogen-bond donors (Lipinski definition) is 1. The minimum atomic E-state index is -0.524. The number of rotatable bonds is 10. The van der Waals surface area contributed by atoms with Crippen LogP contribution in [0.3, 0.4) is 0 Å². The quantitative estimate of drug-likeness (QED) is 0.243. The molecule has 0 atom stereocenters. The highest BCUT2D eigenvalue weighted by Gasteiger charge is 2.18. The molecule has 186 valence electrons. The van der Waals surface area contributed by atoms with E-state index < -0.39 is 5.60 Å². The van der Waals surface area contributed by atoms with Gasteiger partial charge in [-0.05, 0) is 68.5 Å². The summed E-state index contributed by atoms with van der Waals surface area (Å²) in [6.07, 6.45) is 2.64. The van der Waals surface area contributed by atoms with Crippen molar-refractivity contribution in [2.24, 2.45) is 0 Å². The van der Waals surface area contributed by atoms with E-state index in [0.717, 1.165) is 29.5 Å². The van der Waals surface area contributed by atoms with Gasteiger partial charge < -0.3 is 14.8 Å². The molecule has 0 aliphatic rings. The van der Waals surface area contributed by atoms with Crippen molar-refractivity contribution < 1.29 is 19.1 Å². The first-order valence-corrected chi connectivity index (χ1v) is 12.4. The molecule has 0 aliphatic heterocycles. The van der Waals surface area contributed by atoms with Crippen molar-refractivity contribution >= 4 is 25.2 Å². The van der Waals surface area contributed by atoms with Gasteiger partial charge >= 0.3 is 5.97 Å². The molecule has 0 bridgehead atoms. The first-order chi connectivity index (χ1) is 17.2. The van der Waals surface area contributed by atoms with Crippen molar-refractivity contribution in [2.45, 2.75) is 52.6 Å². The number of benzene rings is 3. The Morgan fingerprint density at radius 3 is 2.17 bits per heavy atom. The molecular formula is C30H34BNO4. The molecule has 2 radical (unpaired) electrons. The standard InChI is InChI=1S/C30H34BNO4/c1-5-6-19-35-27-16-15-25(31)20-26(27)28(33)32-18-17-21-7-9-22(10-8-21)23-11-13-24(14-12-23)29(34)36-30(2,3)4/h7-16,20H,5-6,17-19H2,1-4H3,(H,32,33). The molecule has 0 saturated carbocycles. The molecule has 5 nitrogen and oxygen atoms in total. The van der Waals surface area contributed by atoms with Crippen molar-refractivity contribution in [3.8, 4) is 16.9 Å². The van der Waals surface area contributed by atoms with Gasteiger partial charge in [-0.25, -0.2) is 4.79 Å². The summed E-state index contributed by atoms with van der Waals surface area (Å²) in [6, 6.07) is 20.7. The van der Waals surface area contributed by atoms with Crippen LogP contribution in [0.5, 0.6) is 5.75 Å². The molecule has 1 amide bonds.